The van der Waals surface area contributed by atoms with Gasteiger partial charge in [0.1, 0.15) is 5.82 Å². The van der Waals surface area contributed by atoms with Crippen LogP contribution >= 0.6 is 0 Å². The van der Waals surface area contributed by atoms with Gasteiger partial charge in [0.25, 0.3) is 5.91 Å². The number of nitrogens with zero attached hydrogens (tertiary/aromatic N) is 4. The number of halogens is 1. The van der Waals surface area contributed by atoms with Crippen molar-refractivity contribution >= 4 is 5.91 Å². The highest BCUT2D eigenvalue weighted by atomic mass is 19.1. The van der Waals surface area contributed by atoms with Crippen LogP contribution in [-0.4, -0.2) is 52.0 Å². The number of nitrogens with one attached hydrogen (secondary N) is 1. The lowest BCUT2D eigenvalue weighted by Gasteiger charge is -2.26. The van der Waals surface area contributed by atoms with Crippen LogP contribution in [0, 0.1) is 5.82 Å². The molecule has 2 aromatic rings. The quantitative estimate of drug-likeness (QED) is 0.825. The molecular weight excluding hydrogens is 333 g/mol. The summed E-state index contributed by atoms with van der Waals surface area (Å²) in [7, 11) is 0. The first-order chi connectivity index (χ1) is 12.7. The van der Waals surface area contributed by atoms with Gasteiger partial charge in [0.05, 0.1) is 12.2 Å². The number of hydrogen-bond donors (Lipinski definition) is 1. The van der Waals surface area contributed by atoms with Crippen LogP contribution in [0.25, 0.3) is 0 Å². The number of likely N-dealkylation sites (tertiary alicyclic amines) is 1. The SMILES string of the molecule is CCC(c1ccc(F)cc1)n1cc(C(=O)NCCN2CCCCC2)nn1. The van der Waals surface area contributed by atoms with Gasteiger partial charge < -0.3 is 10.2 Å². The average molecular weight is 359 g/mol. The minimum atomic E-state index is -0.268. The van der Waals surface area contributed by atoms with Gasteiger partial charge in [-0.05, 0) is 50.0 Å². The number of hydrogen-bond acceptors (Lipinski definition) is 4. The minimum Gasteiger partial charge on any atom is -0.349 e. The van der Waals surface area contributed by atoms with E-state index in [1.54, 1.807) is 23.0 Å². The molecule has 140 valence electrons. The molecule has 6 nitrogen and oxygen atoms in total. The van der Waals surface area contributed by atoms with Crippen LogP contribution < -0.4 is 5.32 Å². The Kier molecular flexibility index (Phi) is 6.33. The normalized spacial score (nSPS) is 16.4. The van der Waals surface area contributed by atoms with Crippen molar-refractivity contribution in [2.24, 2.45) is 0 Å². The Bertz CT molecular complexity index is 709. The molecule has 0 saturated carbocycles. The second kappa shape index (κ2) is 8.89. The number of amides is 1. The zero-order valence-corrected chi connectivity index (χ0v) is 15.2. The number of piperidine rings is 1. The van der Waals surface area contributed by atoms with Gasteiger partial charge in [-0.3, -0.25) is 4.79 Å². The summed E-state index contributed by atoms with van der Waals surface area (Å²) in [5.41, 5.74) is 1.25. The van der Waals surface area contributed by atoms with E-state index >= 15 is 0 Å². The Labute approximate surface area is 153 Å². The van der Waals surface area contributed by atoms with Gasteiger partial charge in [0.2, 0.25) is 0 Å². The average Bonchev–Trinajstić information content (AvgIpc) is 3.15. The lowest BCUT2D eigenvalue weighted by Crippen LogP contribution is -2.37. The molecule has 1 atom stereocenters. The molecule has 0 radical (unpaired) electrons. The highest BCUT2D eigenvalue weighted by Gasteiger charge is 2.17. The van der Waals surface area contributed by atoms with E-state index in [2.05, 4.69) is 20.5 Å². The van der Waals surface area contributed by atoms with E-state index in [0.717, 1.165) is 31.6 Å². The third-order valence-corrected chi connectivity index (χ3v) is 4.87. The first-order valence-electron chi connectivity index (χ1n) is 9.35. The van der Waals surface area contributed by atoms with Gasteiger partial charge in [-0.2, -0.15) is 0 Å². The van der Waals surface area contributed by atoms with Gasteiger partial charge in [-0.15, -0.1) is 5.10 Å². The minimum absolute atomic E-state index is 0.0713. The fraction of sp³-hybridized carbons (Fsp3) is 0.526. The number of aromatic nitrogens is 3. The smallest absolute Gasteiger partial charge is 0.273 e. The molecule has 1 aromatic carbocycles. The van der Waals surface area contributed by atoms with Crippen molar-refractivity contribution in [2.45, 2.75) is 38.6 Å². The number of carbonyl (C=O) groups is 1. The molecule has 7 heteroatoms. The van der Waals surface area contributed by atoms with Crippen LogP contribution in [0.1, 0.15) is 54.7 Å². The lowest BCUT2D eigenvalue weighted by molar-refractivity contribution is 0.0941. The number of rotatable bonds is 7. The molecule has 1 aromatic heterocycles. The van der Waals surface area contributed by atoms with Crippen molar-refractivity contribution in [3.8, 4) is 0 Å². The largest absolute Gasteiger partial charge is 0.349 e. The predicted molar refractivity (Wildman–Crippen MR) is 97.5 cm³/mol. The van der Waals surface area contributed by atoms with E-state index in [1.807, 2.05) is 6.92 Å². The summed E-state index contributed by atoms with van der Waals surface area (Å²) < 4.78 is 14.8. The molecule has 1 saturated heterocycles. The zero-order valence-electron chi connectivity index (χ0n) is 15.2. The Balaban J connectivity index is 1.57. The van der Waals surface area contributed by atoms with Gasteiger partial charge in [0, 0.05) is 13.1 Å². The maximum absolute atomic E-state index is 13.1. The molecular formula is C19H26FN5O. The van der Waals surface area contributed by atoms with E-state index in [9.17, 15) is 9.18 Å². The van der Waals surface area contributed by atoms with Gasteiger partial charge in [-0.1, -0.05) is 30.7 Å². The summed E-state index contributed by atoms with van der Waals surface area (Å²) in [6, 6.07) is 6.28. The van der Waals surface area contributed by atoms with E-state index < -0.39 is 0 Å². The van der Waals surface area contributed by atoms with Crippen LogP contribution in [0.3, 0.4) is 0 Å². The highest BCUT2D eigenvalue weighted by molar-refractivity contribution is 5.91. The van der Waals surface area contributed by atoms with Crippen LogP contribution in [0.15, 0.2) is 30.5 Å². The van der Waals surface area contributed by atoms with Gasteiger partial charge in [-0.25, -0.2) is 9.07 Å². The molecule has 0 aliphatic carbocycles. The predicted octanol–water partition coefficient (Wildman–Crippen LogP) is 2.63. The topological polar surface area (TPSA) is 63.1 Å². The van der Waals surface area contributed by atoms with Crippen LogP contribution in [0.2, 0.25) is 0 Å². The fourth-order valence-corrected chi connectivity index (χ4v) is 3.39. The van der Waals surface area contributed by atoms with Crippen molar-refractivity contribution in [3.63, 3.8) is 0 Å². The van der Waals surface area contributed by atoms with Crippen LogP contribution in [-0.2, 0) is 0 Å². The number of benzene rings is 1. The number of carbonyl (C=O) groups excluding carboxylic acids is 1. The lowest BCUT2D eigenvalue weighted by atomic mass is 10.0. The maximum Gasteiger partial charge on any atom is 0.273 e. The van der Waals surface area contributed by atoms with Crippen molar-refractivity contribution in [2.75, 3.05) is 26.2 Å². The summed E-state index contributed by atoms with van der Waals surface area (Å²) in [6.45, 7) is 5.73. The second-order valence-corrected chi connectivity index (χ2v) is 6.72. The molecule has 1 N–H and O–H groups in total. The molecule has 2 heterocycles. The first-order valence-corrected chi connectivity index (χ1v) is 9.35. The summed E-state index contributed by atoms with van der Waals surface area (Å²) in [5.74, 6) is -0.474. The van der Waals surface area contributed by atoms with Crippen LogP contribution in [0.4, 0.5) is 4.39 Å². The standard InChI is InChI=1S/C19H26FN5O/c1-2-18(15-6-8-16(20)9-7-15)25-14-17(22-23-25)19(26)21-10-13-24-11-4-3-5-12-24/h6-9,14,18H,2-5,10-13H2,1H3,(H,21,26). The molecule has 1 aliphatic rings. The molecule has 3 rings (SSSR count). The first kappa shape index (κ1) is 18.5. The van der Waals surface area contributed by atoms with Crippen molar-refractivity contribution in [3.05, 3.63) is 47.5 Å². The monoisotopic (exact) mass is 359 g/mol. The van der Waals surface area contributed by atoms with Gasteiger partial charge >= 0.3 is 0 Å². The summed E-state index contributed by atoms with van der Waals surface area (Å²) in [4.78, 5) is 14.7. The van der Waals surface area contributed by atoms with Crippen molar-refractivity contribution in [1.82, 2.24) is 25.2 Å². The Morgan fingerprint density at radius 3 is 2.65 bits per heavy atom. The summed E-state index contributed by atoms with van der Waals surface area (Å²) in [5, 5.41) is 11.0. The van der Waals surface area contributed by atoms with Gasteiger partial charge in [0.15, 0.2) is 5.69 Å². The van der Waals surface area contributed by atoms with E-state index in [1.165, 1.54) is 31.4 Å². The van der Waals surface area contributed by atoms with E-state index in [4.69, 9.17) is 0 Å². The molecule has 0 bridgehead atoms. The van der Waals surface area contributed by atoms with E-state index in [0.29, 0.717) is 12.2 Å². The summed E-state index contributed by atoms with van der Waals surface area (Å²) in [6.07, 6.45) is 6.21. The third-order valence-electron chi connectivity index (χ3n) is 4.87. The molecule has 0 spiro atoms. The Morgan fingerprint density at radius 1 is 1.23 bits per heavy atom. The van der Waals surface area contributed by atoms with Crippen molar-refractivity contribution < 1.29 is 9.18 Å². The molecule has 1 unspecified atom stereocenters. The molecule has 1 aliphatic heterocycles. The van der Waals surface area contributed by atoms with Crippen LogP contribution in [0.5, 0.6) is 0 Å². The third kappa shape index (κ3) is 4.66. The molecule has 1 fully saturated rings. The molecule has 1 amide bonds. The Morgan fingerprint density at radius 2 is 1.96 bits per heavy atom. The zero-order chi connectivity index (χ0) is 18.4. The maximum atomic E-state index is 13.1. The fourth-order valence-electron chi connectivity index (χ4n) is 3.39. The second-order valence-electron chi connectivity index (χ2n) is 6.72. The molecule has 26 heavy (non-hydrogen) atoms. The summed E-state index contributed by atoms with van der Waals surface area (Å²) >= 11 is 0. The Hall–Kier alpha value is -2.28. The van der Waals surface area contributed by atoms with Crippen molar-refractivity contribution in [1.29, 1.82) is 0 Å². The highest BCUT2D eigenvalue weighted by Crippen LogP contribution is 2.21. The van der Waals surface area contributed by atoms with E-state index in [-0.39, 0.29) is 17.8 Å².